The van der Waals surface area contributed by atoms with Crippen LogP contribution < -0.4 is 9.88 Å². The highest BCUT2D eigenvalue weighted by molar-refractivity contribution is 5.90. The number of ether oxygens (including phenoxy) is 1. The maximum atomic E-state index is 14.1. The molecule has 2 N–H and O–H groups in total. The van der Waals surface area contributed by atoms with E-state index in [9.17, 15) is 9.59 Å². The monoisotopic (exact) mass is 484 g/mol. The summed E-state index contributed by atoms with van der Waals surface area (Å²) in [5, 5.41) is 3.45. The number of morpholine rings is 1. The Hall–Kier alpha value is -2.45. The molecule has 1 unspecified atom stereocenters. The molecule has 0 radical (unpaired) electrons. The molecule has 192 valence electrons. The molecule has 0 aromatic carbocycles. The fourth-order valence-corrected chi connectivity index (χ4v) is 5.19. The lowest BCUT2D eigenvalue weighted by atomic mass is 9.92. The van der Waals surface area contributed by atoms with Crippen molar-refractivity contribution < 1.29 is 18.9 Å². The summed E-state index contributed by atoms with van der Waals surface area (Å²) in [6, 6.07) is -0.0289. The molecule has 1 aromatic rings. The number of amides is 2. The van der Waals surface area contributed by atoms with Crippen molar-refractivity contribution >= 4 is 17.9 Å². The van der Waals surface area contributed by atoms with Gasteiger partial charge >= 0.3 is 11.7 Å². The third kappa shape index (κ3) is 6.22. The summed E-state index contributed by atoms with van der Waals surface area (Å²) in [5.41, 5.74) is 2.02. The Morgan fingerprint density at radius 2 is 2.00 bits per heavy atom. The maximum Gasteiger partial charge on any atom is 0.346 e. The van der Waals surface area contributed by atoms with Crippen LogP contribution >= 0.6 is 0 Å². The predicted molar refractivity (Wildman–Crippen MR) is 136 cm³/mol. The summed E-state index contributed by atoms with van der Waals surface area (Å²) in [6.07, 6.45) is 8.75. The van der Waals surface area contributed by atoms with Gasteiger partial charge in [-0.1, -0.05) is 32.6 Å². The van der Waals surface area contributed by atoms with Crippen LogP contribution in [0.4, 0.5) is 0 Å². The number of carbonyl (C=O) groups is 2. The molecule has 8 heteroatoms. The molecule has 2 saturated heterocycles. The Balaban J connectivity index is 1.58. The first-order valence-electron chi connectivity index (χ1n) is 13.2. The van der Waals surface area contributed by atoms with Crippen LogP contribution in [-0.2, 0) is 16.1 Å². The molecular weight excluding hydrogens is 442 g/mol. The summed E-state index contributed by atoms with van der Waals surface area (Å²) in [6.45, 7) is 15.5. The summed E-state index contributed by atoms with van der Waals surface area (Å²) < 4.78 is 7.59. The van der Waals surface area contributed by atoms with Crippen LogP contribution in [0.15, 0.2) is 18.7 Å². The molecule has 2 amide bonds. The third-order valence-corrected chi connectivity index (χ3v) is 7.32. The second-order valence-electron chi connectivity index (χ2n) is 10.7. The number of hydrogen-bond acceptors (Lipinski definition) is 4. The van der Waals surface area contributed by atoms with Gasteiger partial charge in [0.15, 0.2) is 5.69 Å². The van der Waals surface area contributed by atoms with E-state index in [0.717, 1.165) is 17.9 Å². The number of piperidine rings is 1. The molecule has 3 heterocycles. The van der Waals surface area contributed by atoms with Gasteiger partial charge in [-0.3, -0.25) is 9.59 Å². The number of nitrogens with zero attached hydrogens (tertiary/aromatic N) is 3. The molecule has 3 fully saturated rings. The van der Waals surface area contributed by atoms with Gasteiger partial charge in [0.25, 0.3) is 0 Å². The predicted octanol–water partition coefficient (Wildman–Crippen LogP) is 2.15. The van der Waals surface area contributed by atoms with Gasteiger partial charge in [-0.15, -0.1) is 0 Å². The first-order chi connectivity index (χ1) is 16.9. The van der Waals surface area contributed by atoms with Gasteiger partial charge in [0.2, 0.25) is 5.91 Å². The van der Waals surface area contributed by atoms with E-state index < -0.39 is 0 Å². The molecule has 1 saturated carbocycles. The molecule has 2 aliphatic heterocycles. The summed E-state index contributed by atoms with van der Waals surface area (Å²) in [4.78, 5) is 34.7. The topological polar surface area (TPSA) is 81.5 Å². The van der Waals surface area contributed by atoms with E-state index in [1.165, 1.54) is 12.8 Å². The number of imidazole rings is 1. The first kappa shape index (κ1) is 25.6. The van der Waals surface area contributed by atoms with Gasteiger partial charge in [-0.25, -0.2) is 9.55 Å². The van der Waals surface area contributed by atoms with E-state index in [-0.39, 0.29) is 23.8 Å². The number of carbonyl (C=O) groups excluding carboxylic acids is 2. The van der Waals surface area contributed by atoms with Crippen LogP contribution in [0.25, 0.3) is 6.08 Å². The lowest BCUT2D eigenvalue weighted by Gasteiger charge is -2.39. The molecule has 1 aliphatic carbocycles. The average Bonchev–Trinajstić information content (AvgIpc) is 3.64. The molecule has 1 aromatic heterocycles. The van der Waals surface area contributed by atoms with Crippen LogP contribution in [-0.4, -0.2) is 78.6 Å². The van der Waals surface area contributed by atoms with Crippen molar-refractivity contribution in [3.05, 3.63) is 35.9 Å². The lowest BCUT2D eigenvalue weighted by Crippen LogP contribution is -2.57. The average molecular weight is 485 g/mol. The Morgan fingerprint density at radius 3 is 2.66 bits per heavy atom. The summed E-state index contributed by atoms with van der Waals surface area (Å²) in [5.74, 6) is 1.68. The number of H-pyrrole nitrogens is 1. The molecule has 35 heavy (non-hydrogen) atoms. The first-order valence-corrected chi connectivity index (χ1v) is 13.2. The van der Waals surface area contributed by atoms with E-state index >= 15 is 0 Å². The van der Waals surface area contributed by atoms with Crippen molar-refractivity contribution in [1.29, 1.82) is 0 Å². The fourth-order valence-electron chi connectivity index (χ4n) is 5.19. The number of rotatable bonds is 9. The Bertz CT molecular complexity index is 943. The van der Waals surface area contributed by atoms with Crippen LogP contribution in [0.3, 0.4) is 0 Å². The standard InChI is InChI=1S/C27H41N5O3/c1-5-6-7-24-20(4)31(18-21-8-9-21)25(29-24)27(34)32(17-19(2)3)23-14-22(15-28-16-23)26(33)30-10-12-35-13-11-30/h5-7,19,21-23,28H,1,8-18H2,2-4H3/p+1/b7-6-/t22?,23-/m0/s1. The number of hydrogen-bond donors (Lipinski definition) is 2. The van der Waals surface area contributed by atoms with Crippen molar-refractivity contribution in [2.75, 3.05) is 45.9 Å². The Kier molecular flexibility index (Phi) is 8.44. The van der Waals surface area contributed by atoms with Gasteiger partial charge < -0.3 is 19.9 Å². The highest BCUT2D eigenvalue weighted by atomic mass is 16.5. The normalized spacial score (nSPS) is 23.1. The molecule has 2 atom stereocenters. The number of aromatic nitrogens is 2. The maximum absolute atomic E-state index is 14.1. The minimum atomic E-state index is -0.121. The van der Waals surface area contributed by atoms with Crippen LogP contribution in [0.1, 0.15) is 55.1 Å². The molecule has 8 nitrogen and oxygen atoms in total. The van der Waals surface area contributed by atoms with Gasteiger partial charge in [-0.05, 0) is 37.2 Å². The van der Waals surface area contributed by atoms with Crippen LogP contribution in [0.5, 0.6) is 0 Å². The van der Waals surface area contributed by atoms with Crippen molar-refractivity contribution in [1.82, 2.24) is 20.1 Å². The Labute approximate surface area is 209 Å². The van der Waals surface area contributed by atoms with E-state index in [1.807, 2.05) is 22.0 Å². The Morgan fingerprint density at radius 1 is 1.26 bits per heavy atom. The zero-order valence-corrected chi connectivity index (χ0v) is 21.6. The number of allylic oxidation sites excluding steroid dienone is 2. The second kappa shape index (κ2) is 11.5. The largest absolute Gasteiger partial charge is 0.378 e. The molecule has 0 bridgehead atoms. The quantitative estimate of drug-likeness (QED) is 0.416. The minimum Gasteiger partial charge on any atom is -0.378 e. The number of aromatic amines is 1. The number of nitrogens with one attached hydrogen (secondary N) is 2. The lowest BCUT2D eigenvalue weighted by molar-refractivity contribution is -0.706. The van der Waals surface area contributed by atoms with E-state index in [2.05, 4.69) is 42.2 Å². The third-order valence-electron chi connectivity index (χ3n) is 7.32. The highest BCUT2D eigenvalue weighted by Gasteiger charge is 2.40. The SMILES string of the molecule is C=C/C=C\c1[nH]c(C(=O)N(CC(C)C)[C@@H]2CNCC(C(=O)N3CCOCC3)C2)[n+](CC2CC2)c1C. The smallest absolute Gasteiger partial charge is 0.346 e. The highest BCUT2D eigenvalue weighted by Crippen LogP contribution is 2.30. The zero-order chi connectivity index (χ0) is 24.9. The van der Waals surface area contributed by atoms with Gasteiger partial charge in [0.05, 0.1) is 25.7 Å². The van der Waals surface area contributed by atoms with Crippen LogP contribution in [0.2, 0.25) is 0 Å². The summed E-state index contributed by atoms with van der Waals surface area (Å²) >= 11 is 0. The molecular formula is C27H42N5O3+. The van der Waals surface area contributed by atoms with E-state index in [1.54, 1.807) is 6.08 Å². The van der Waals surface area contributed by atoms with Crippen molar-refractivity contribution in [3.63, 3.8) is 0 Å². The van der Waals surface area contributed by atoms with E-state index in [0.29, 0.717) is 70.0 Å². The zero-order valence-electron chi connectivity index (χ0n) is 21.6. The molecule has 0 spiro atoms. The van der Waals surface area contributed by atoms with Gasteiger partial charge in [0.1, 0.15) is 5.69 Å². The minimum absolute atomic E-state index is 0.0203. The molecule has 4 rings (SSSR count). The van der Waals surface area contributed by atoms with Crippen molar-refractivity contribution in [2.24, 2.45) is 17.8 Å². The second-order valence-corrected chi connectivity index (χ2v) is 10.7. The van der Waals surface area contributed by atoms with Gasteiger partial charge in [0, 0.05) is 45.7 Å². The van der Waals surface area contributed by atoms with Crippen LogP contribution in [0, 0.1) is 24.7 Å². The van der Waals surface area contributed by atoms with Crippen molar-refractivity contribution in [3.8, 4) is 0 Å². The molecule has 3 aliphatic rings. The van der Waals surface area contributed by atoms with Crippen molar-refractivity contribution in [2.45, 2.75) is 52.6 Å². The van der Waals surface area contributed by atoms with E-state index in [4.69, 9.17) is 4.74 Å². The fraction of sp³-hybridized carbons (Fsp3) is 0.667. The van der Waals surface area contributed by atoms with Gasteiger partial charge in [-0.2, -0.15) is 0 Å². The summed E-state index contributed by atoms with van der Waals surface area (Å²) in [7, 11) is 0.